The smallest absolute Gasteiger partial charge is 0.239 e. The second-order valence-corrected chi connectivity index (χ2v) is 9.42. The van der Waals surface area contributed by atoms with Crippen LogP contribution in [0.25, 0.3) is 0 Å². The van der Waals surface area contributed by atoms with Crippen LogP contribution in [-0.4, -0.2) is 55.0 Å². The van der Waals surface area contributed by atoms with Crippen molar-refractivity contribution in [1.82, 2.24) is 9.80 Å². The molecule has 0 radical (unpaired) electrons. The van der Waals surface area contributed by atoms with E-state index in [2.05, 4.69) is 39.4 Å². The number of thiophene rings is 1. The van der Waals surface area contributed by atoms with Crippen molar-refractivity contribution in [2.45, 2.75) is 32.2 Å². The zero-order valence-corrected chi connectivity index (χ0v) is 17.9. The minimum absolute atomic E-state index is 0.0153. The third-order valence-electron chi connectivity index (χ3n) is 6.28. The van der Waals surface area contributed by atoms with Crippen molar-refractivity contribution in [3.05, 3.63) is 45.3 Å². The lowest BCUT2D eigenvalue weighted by molar-refractivity contribution is -0.117. The van der Waals surface area contributed by atoms with E-state index in [0.717, 1.165) is 81.3 Å². The molecule has 1 aromatic heterocycles. The van der Waals surface area contributed by atoms with Gasteiger partial charge >= 0.3 is 0 Å². The van der Waals surface area contributed by atoms with Crippen molar-refractivity contribution < 1.29 is 9.53 Å². The lowest BCUT2D eigenvalue weighted by Crippen LogP contribution is -2.48. The van der Waals surface area contributed by atoms with Gasteiger partial charge in [-0.05, 0) is 42.0 Å². The Morgan fingerprint density at radius 1 is 1.17 bits per heavy atom. The van der Waals surface area contributed by atoms with Crippen LogP contribution in [0.1, 0.15) is 33.6 Å². The number of amides is 1. The standard InChI is InChI=1S/C23H26N4O2S/c24-13-19-18-2-1-3-21(18)30-23(19)25-22(28)15-27-9-7-26(8-10-27)14-16-4-5-20-17(12-16)6-11-29-20/h4-5,12H,1-3,6-11,14-15H2,(H,25,28). The molecule has 156 valence electrons. The van der Waals surface area contributed by atoms with Gasteiger partial charge in [-0.2, -0.15) is 5.26 Å². The van der Waals surface area contributed by atoms with E-state index in [1.54, 1.807) is 11.3 Å². The Morgan fingerprint density at radius 3 is 2.83 bits per heavy atom. The molecule has 0 unspecified atom stereocenters. The Labute approximate surface area is 181 Å². The molecule has 1 amide bonds. The molecule has 1 aliphatic carbocycles. The van der Waals surface area contributed by atoms with Gasteiger partial charge in [-0.3, -0.25) is 14.6 Å². The number of hydrogen-bond acceptors (Lipinski definition) is 6. The van der Waals surface area contributed by atoms with Crippen LogP contribution in [0.4, 0.5) is 5.00 Å². The molecular weight excluding hydrogens is 396 g/mol. The SMILES string of the molecule is N#Cc1c(NC(=O)CN2CCN(Cc3ccc4c(c3)CCO4)CC2)sc2c1CCC2. The number of benzene rings is 1. The van der Waals surface area contributed by atoms with E-state index in [0.29, 0.717) is 12.1 Å². The zero-order chi connectivity index (χ0) is 20.5. The van der Waals surface area contributed by atoms with Gasteiger partial charge in [-0.15, -0.1) is 11.3 Å². The molecule has 1 aromatic carbocycles. The number of nitrogens with zero attached hydrogens (tertiary/aromatic N) is 3. The third-order valence-corrected chi connectivity index (χ3v) is 7.49. The van der Waals surface area contributed by atoms with Crippen LogP contribution in [0.15, 0.2) is 18.2 Å². The average Bonchev–Trinajstić information content (AvgIpc) is 3.45. The fourth-order valence-electron chi connectivity index (χ4n) is 4.68. The number of fused-ring (bicyclic) bond motifs is 2. The Balaban J connectivity index is 1.11. The molecule has 0 bridgehead atoms. The summed E-state index contributed by atoms with van der Waals surface area (Å²) in [6.45, 7) is 5.80. The third kappa shape index (κ3) is 3.95. The van der Waals surface area contributed by atoms with Crippen LogP contribution >= 0.6 is 11.3 Å². The van der Waals surface area contributed by atoms with Crippen molar-refractivity contribution in [2.24, 2.45) is 0 Å². The van der Waals surface area contributed by atoms with E-state index in [4.69, 9.17) is 4.74 Å². The van der Waals surface area contributed by atoms with Gasteiger partial charge in [0.05, 0.1) is 18.7 Å². The highest BCUT2D eigenvalue weighted by Gasteiger charge is 2.24. The molecule has 0 atom stereocenters. The molecule has 2 aromatic rings. The van der Waals surface area contributed by atoms with Gasteiger partial charge in [0, 0.05) is 44.0 Å². The first-order valence-corrected chi connectivity index (χ1v) is 11.5. The van der Waals surface area contributed by atoms with Gasteiger partial charge in [-0.25, -0.2) is 0 Å². The summed E-state index contributed by atoms with van der Waals surface area (Å²) in [6.07, 6.45) is 4.12. The van der Waals surface area contributed by atoms with Crippen LogP contribution in [0, 0.1) is 11.3 Å². The van der Waals surface area contributed by atoms with E-state index in [1.165, 1.54) is 16.0 Å². The Bertz CT molecular complexity index is 1000. The molecule has 30 heavy (non-hydrogen) atoms. The number of carbonyl (C=O) groups is 1. The van der Waals surface area contributed by atoms with Gasteiger partial charge in [0.25, 0.3) is 0 Å². The molecule has 5 rings (SSSR count). The molecule has 1 N–H and O–H groups in total. The number of anilines is 1. The molecule has 0 spiro atoms. The average molecular weight is 423 g/mol. The van der Waals surface area contributed by atoms with Crippen LogP contribution in [0.2, 0.25) is 0 Å². The number of hydrogen-bond donors (Lipinski definition) is 1. The maximum atomic E-state index is 12.6. The highest BCUT2D eigenvalue weighted by molar-refractivity contribution is 7.16. The van der Waals surface area contributed by atoms with Crippen LogP contribution in [-0.2, 0) is 30.6 Å². The lowest BCUT2D eigenvalue weighted by atomic mass is 10.1. The van der Waals surface area contributed by atoms with Gasteiger partial charge in [0.1, 0.15) is 16.8 Å². The summed E-state index contributed by atoms with van der Waals surface area (Å²) in [5.41, 5.74) is 4.49. The molecule has 0 saturated carbocycles. The normalized spacial score (nSPS) is 18.5. The quantitative estimate of drug-likeness (QED) is 0.803. The molecule has 3 heterocycles. The summed E-state index contributed by atoms with van der Waals surface area (Å²) in [5, 5.41) is 13.2. The number of nitrogens with one attached hydrogen (secondary N) is 1. The largest absolute Gasteiger partial charge is 0.493 e. The monoisotopic (exact) mass is 422 g/mol. The van der Waals surface area contributed by atoms with Crippen molar-refractivity contribution in [3.63, 3.8) is 0 Å². The highest BCUT2D eigenvalue weighted by atomic mass is 32.1. The molecule has 1 saturated heterocycles. The fraction of sp³-hybridized carbons (Fsp3) is 0.478. The first-order valence-electron chi connectivity index (χ1n) is 10.7. The molecule has 2 aliphatic heterocycles. The number of ether oxygens (including phenoxy) is 1. The van der Waals surface area contributed by atoms with Crippen molar-refractivity contribution >= 4 is 22.2 Å². The molecule has 3 aliphatic rings. The van der Waals surface area contributed by atoms with E-state index >= 15 is 0 Å². The van der Waals surface area contributed by atoms with E-state index in [9.17, 15) is 10.1 Å². The summed E-state index contributed by atoms with van der Waals surface area (Å²) in [4.78, 5) is 18.5. The predicted molar refractivity (Wildman–Crippen MR) is 117 cm³/mol. The molecule has 1 fully saturated rings. The molecule has 6 nitrogen and oxygen atoms in total. The summed E-state index contributed by atoms with van der Waals surface area (Å²) in [5.74, 6) is 1.02. The topological polar surface area (TPSA) is 68.6 Å². The second-order valence-electron chi connectivity index (χ2n) is 8.31. The van der Waals surface area contributed by atoms with Gasteiger partial charge in [-0.1, -0.05) is 12.1 Å². The molecule has 7 heteroatoms. The number of nitriles is 1. The Morgan fingerprint density at radius 2 is 2.00 bits per heavy atom. The van der Waals surface area contributed by atoms with Gasteiger partial charge in [0.15, 0.2) is 0 Å². The van der Waals surface area contributed by atoms with E-state index < -0.39 is 0 Å². The summed E-state index contributed by atoms with van der Waals surface area (Å²) >= 11 is 1.58. The second kappa shape index (κ2) is 8.38. The van der Waals surface area contributed by atoms with Gasteiger partial charge < -0.3 is 10.1 Å². The maximum Gasteiger partial charge on any atom is 0.239 e. The number of carbonyl (C=O) groups excluding carboxylic acids is 1. The first-order chi connectivity index (χ1) is 14.7. The first kappa shape index (κ1) is 19.6. The maximum absolute atomic E-state index is 12.6. The zero-order valence-electron chi connectivity index (χ0n) is 17.1. The Kier molecular flexibility index (Phi) is 5.47. The van der Waals surface area contributed by atoms with Crippen LogP contribution in [0.5, 0.6) is 5.75 Å². The van der Waals surface area contributed by atoms with E-state index in [1.807, 2.05) is 0 Å². The number of aryl methyl sites for hydroxylation is 1. The minimum Gasteiger partial charge on any atom is -0.493 e. The number of rotatable bonds is 5. The summed E-state index contributed by atoms with van der Waals surface area (Å²) in [7, 11) is 0. The van der Waals surface area contributed by atoms with Crippen molar-refractivity contribution in [1.29, 1.82) is 5.26 Å². The fourth-order valence-corrected chi connectivity index (χ4v) is 5.94. The lowest BCUT2D eigenvalue weighted by Gasteiger charge is -2.34. The summed E-state index contributed by atoms with van der Waals surface area (Å²) in [6, 6.07) is 8.82. The molecular formula is C23H26N4O2S. The highest BCUT2D eigenvalue weighted by Crippen LogP contribution is 2.38. The van der Waals surface area contributed by atoms with Gasteiger partial charge in [0.2, 0.25) is 5.91 Å². The predicted octanol–water partition coefficient (Wildman–Crippen LogP) is 2.80. The van der Waals surface area contributed by atoms with Crippen LogP contribution in [0.3, 0.4) is 0 Å². The van der Waals surface area contributed by atoms with Crippen molar-refractivity contribution in [2.75, 3.05) is 44.6 Å². The van der Waals surface area contributed by atoms with Crippen LogP contribution < -0.4 is 10.1 Å². The minimum atomic E-state index is -0.0153. The summed E-state index contributed by atoms with van der Waals surface area (Å²) < 4.78 is 5.59. The number of piperazine rings is 1. The van der Waals surface area contributed by atoms with Crippen molar-refractivity contribution in [3.8, 4) is 11.8 Å². The Hall–Kier alpha value is -2.40. The van der Waals surface area contributed by atoms with E-state index in [-0.39, 0.29) is 5.91 Å².